The van der Waals surface area contributed by atoms with Gasteiger partial charge in [-0.1, -0.05) is 41.9 Å². The Labute approximate surface area is 151 Å². The van der Waals surface area contributed by atoms with Crippen molar-refractivity contribution in [1.29, 1.82) is 0 Å². The lowest BCUT2D eigenvalue weighted by Gasteiger charge is -2.06. The monoisotopic (exact) mass is 361 g/mol. The van der Waals surface area contributed by atoms with Crippen molar-refractivity contribution in [3.8, 4) is 0 Å². The summed E-state index contributed by atoms with van der Waals surface area (Å²) in [5.74, 6) is -1.58. The van der Waals surface area contributed by atoms with Gasteiger partial charge in [0.15, 0.2) is 0 Å². The Kier molecular flexibility index (Phi) is 6.30. The summed E-state index contributed by atoms with van der Waals surface area (Å²) in [6, 6.07) is 9.66. The van der Waals surface area contributed by atoms with Gasteiger partial charge in [-0.25, -0.2) is 10.1 Å². The lowest BCUT2D eigenvalue weighted by molar-refractivity contribution is -0.139. The third-order valence-electron chi connectivity index (χ3n) is 3.27. The zero-order valence-corrected chi connectivity index (χ0v) is 15.0. The molecule has 0 aliphatic rings. The van der Waals surface area contributed by atoms with Gasteiger partial charge in [0.05, 0.1) is 24.0 Å². The second kappa shape index (κ2) is 8.43. The van der Waals surface area contributed by atoms with E-state index in [1.54, 1.807) is 25.5 Å². The van der Waals surface area contributed by atoms with Crippen LogP contribution in [-0.4, -0.2) is 33.9 Å². The highest BCUT2D eigenvalue weighted by Crippen LogP contribution is 2.19. The average molecular weight is 362 g/mol. The van der Waals surface area contributed by atoms with Crippen molar-refractivity contribution in [2.24, 2.45) is 5.10 Å². The maximum atomic E-state index is 11.6. The highest BCUT2D eigenvalue weighted by molar-refractivity contribution is 6.35. The largest absolute Gasteiger partial charge is 0.346 e. The van der Waals surface area contributed by atoms with Crippen LogP contribution in [0.2, 0.25) is 5.15 Å². The van der Waals surface area contributed by atoms with Crippen molar-refractivity contribution in [2.75, 3.05) is 0 Å². The lowest BCUT2D eigenvalue weighted by Crippen LogP contribution is -2.41. The maximum absolute atomic E-state index is 11.6. The number of carbonyl (C=O) groups is 2. The summed E-state index contributed by atoms with van der Waals surface area (Å²) in [6.45, 7) is 5.84. The summed E-state index contributed by atoms with van der Waals surface area (Å²) in [7, 11) is 0. The first-order valence-corrected chi connectivity index (χ1v) is 8.17. The van der Waals surface area contributed by atoms with Crippen LogP contribution >= 0.6 is 11.6 Å². The van der Waals surface area contributed by atoms with Crippen LogP contribution in [0.15, 0.2) is 35.4 Å². The molecule has 1 heterocycles. The third kappa shape index (κ3) is 5.15. The van der Waals surface area contributed by atoms with Gasteiger partial charge in [-0.2, -0.15) is 10.2 Å². The first-order valence-electron chi connectivity index (χ1n) is 7.79. The summed E-state index contributed by atoms with van der Waals surface area (Å²) < 4.78 is 1.65. The number of hydrogen-bond acceptors (Lipinski definition) is 4. The molecular weight excluding hydrogens is 342 g/mol. The van der Waals surface area contributed by atoms with Crippen molar-refractivity contribution in [2.45, 2.75) is 33.4 Å². The van der Waals surface area contributed by atoms with Crippen LogP contribution < -0.4 is 10.7 Å². The number of hydrogen-bond donors (Lipinski definition) is 2. The molecule has 0 fully saturated rings. The summed E-state index contributed by atoms with van der Waals surface area (Å²) in [4.78, 5) is 23.1. The molecule has 1 aromatic heterocycles. The molecule has 0 radical (unpaired) electrons. The van der Waals surface area contributed by atoms with Gasteiger partial charge in [-0.3, -0.25) is 9.59 Å². The second-order valence-corrected chi connectivity index (χ2v) is 6.12. The number of carbonyl (C=O) groups excluding carboxylic acids is 2. The first-order chi connectivity index (χ1) is 11.9. The molecule has 0 saturated carbocycles. The topological polar surface area (TPSA) is 88.4 Å². The molecule has 2 amide bonds. The van der Waals surface area contributed by atoms with E-state index in [0.29, 0.717) is 23.0 Å². The molecule has 0 saturated heterocycles. The van der Waals surface area contributed by atoms with Gasteiger partial charge >= 0.3 is 11.8 Å². The molecule has 0 spiro atoms. The molecule has 2 rings (SSSR count). The molecule has 2 N–H and O–H groups in total. The Morgan fingerprint density at radius 1 is 1.28 bits per heavy atom. The molecule has 0 unspecified atom stereocenters. The molecule has 0 aliphatic heterocycles. The van der Waals surface area contributed by atoms with E-state index in [0.717, 1.165) is 5.56 Å². The van der Waals surface area contributed by atoms with E-state index in [1.807, 2.05) is 30.3 Å². The molecule has 0 bridgehead atoms. The first kappa shape index (κ1) is 18.7. The molecule has 7 nitrogen and oxygen atoms in total. The van der Waals surface area contributed by atoms with E-state index >= 15 is 0 Å². The van der Waals surface area contributed by atoms with Crippen LogP contribution in [-0.2, 0) is 16.1 Å². The molecule has 0 aliphatic carbocycles. The van der Waals surface area contributed by atoms with Crippen LogP contribution in [0.3, 0.4) is 0 Å². The molecular formula is C17H20ClN5O2. The fourth-order valence-corrected chi connectivity index (χ4v) is 2.39. The predicted molar refractivity (Wildman–Crippen MR) is 96.5 cm³/mol. The van der Waals surface area contributed by atoms with Gasteiger partial charge in [0.25, 0.3) is 0 Å². The van der Waals surface area contributed by atoms with Gasteiger partial charge in [0.1, 0.15) is 5.15 Å². The standard InChI is InChI=1S/C17H20ClN5O2/c1-11(2)20-16(24)17(25)21-19-9-14-12(3)22-23(15(14)18)10-13-7-5-4-6-8-13/h4-9,11H,10H2,1-3H3,(H,20,24)(H,21,25)/b19-9-. The van der Waals surface area contributed by atoms with Gasteiger partial charge in [-0.15, -0.1) is 0 Å². The number of hydrazone groups is 1. The van der Waals surface area contributed by atoms with E-state index in [-0.39, 0.29) is 6.04 Å². The summed E-state index contributed by atoms with van der Waals surface area (Å²) in [6.07, 6.45) is 1.38. The quantitative estimate of drug-likeness (QED) is 0.484. The van der Waals surface area contributed by atoms with Gasteiger partial charge in [-0.05, 0) is 26.3 Å². The van der Waals surface area contributed by atoms with E-state index < -0.39 is 11.8 Å². The van der Waals surface area contributed by atoms with Crippen LogP contribution in [0, 0.1) is 6.92 Å². The number of halogens is 1. The smallest absolute Gasteiger partial charge is 0.329 e. The van der Waals surface area contributed by atoms with E-state index in [1.165, 1.54) is 6.21 Å². The van der Waals surface area contributed by atoms with Crippen LogP contribution in [0.25, 0.3) is 0 Å². The van der Waals surface area contributed by atoms with Crippen molar-refractivity contribution in [3.63, 3.8) is 0 Å². The number of rotatable bonds is 5. The van der Waals surface area contributed by atoms with Crippen molar-refractivity contribution >= 4 is 29.6 Å². The third-order valence-corrected chi connectivity index (χ3v) is 3.67. The lowest BCUT2D eigenvalue weighted by atomic mass is 10.2. The number of aromatic nitrogens is 2. The Morgan fingerprint density at radius 3 is 2.60 bits per heavy atom. The number of amides is 2. The number of nitrogens with one attached hydrogen (secondary N) is 2. The van der Waals surface area contributed by atoms with Crippen molar-refractivity contribution in [1.82, 2.24) is 20.5 Å². The zero-order chi connectivity index (χ0) is 18.4. The molecule has 8 heteroatoms. The number of benzene rings is 1. The summed E-state index contributed by atoms with van der Waals surface area (Å²) in [5, 5.41) is 11.1. The van der Waals surface area contributed by atoms with Gasteiger partial charge in [0, 0.05) is 6.04 Å². The van der Waals surface area contributed by atoms with Crippen LogP contribution in [0.1, 0.15) is 30.7 Å². The van der Waals surface area contributed by atoms with Crippen molar-refractivity contribution < 1.29 is 9.59 Å². The van der Waals surface area contributed by atoms with Crippen LogP contribution in [0.4, 0.5) is 0 Å². The molecule has 1 aromatic carbocycles. The Bertz CT molecular complexity index is 784. The van der Waals surface area contributed by atoms with E-state index in [9.17, 15) is 9.59 Å². The highest BCUT2D eigenvalue weighted by Gasteiger charge is 2.14. The number of nitrogens with zero attached hydrogens (tertiary/aromatic N) is 3. The van der Waals surface area contributed by atoms with Gasteiger partial charge < -0.3 is 5.32 Å². The highest BCUT2D eigenvalue weighted by atomic mass is 35.5. The SMILES string of the molecule is Cc1nn(Cc2ccccc2)c(Cl)c1/C=N\NC(=O)C(=O)NC(C)C. The van der Waals surface area contributed by atoms with E-state index in [4.69, 9.17) is 11.6 Å². The predicted octanol–water partition coefficient (Wildman–Crippen LogP) is 1.87. The van der Waals surface area contributed by atoms with E-state index in [2.05, 4.69) is 20.9 Å². The maximum Gasteiger partial charge on any atom is 0.329 e. The fraction of sp³-hybridized carbons (Fsp3) is 0.294. The van der Waals surface area contributed by atoms with Crippen LogP contribution in [0.5, 0.6) is 0 Å². The Morgan fingerprint density at radius 2 is 1.96 bits per heavy atom. The van der Waals surface area contributed by atoms with Crippen molar-refractivity contribution in [3.05, 3.63) is 52.3 Å². The molecule has 132 valence electrons. The summed E-state index contributed by atoms with van der Waals surface area (Å²) in [5.41, 5.74) is 4.49. The zero-order valence-electron chi connectivity index (χ0n) is 14.3. The van der Waals surface area contributed by atoms with Gasteiger partial charge in [0.2, 0.25) is 0 Å². The Balaban J connectivity index is 2.05. The minimum Gasteiger partial charge on any atom is -0.346 e. The normalized spacial score (nSPS) is 11.1. The minimum atomic E-state index is -0.838. The fourth-order valence-electron chi connectivity index (χ4n) is 2.11. The minimum absolute atomic E-state index is 0.130. The molecule has 0 atom stereocenters. The molecule has 25 heavy (non-hydrogen) atoms. The second-order valence-electron chi connectivity index (χ2n) is 5.76. The average Bonchev–Trinajstić information content (AvgIpc) is 2.82. The summed E-state index contributed by atoms with van der Waals surface area (Å²) >= 11 is 6.34. The molecule has 2 aromatic rings. The number of aryl methyl sites for hydroxylation is 1. The Hall–Kier alpha value is -2.67.